The largest absolute Gasteiger partial charge is 0.490 e. The monoisotopic (exact) mass is 359 g/mol. The van der Waals surface area contributed by atoms with Crippen molar-refractivity contribution in [2.45, 2.75) is 44.4 Å². The number of hydroxylamine groups is 2. The van der Waals surface area contributed by atoms with Crippen molar-refractivity contribution in [2.24, 2.45) is 0 Å². The van der Waals surface area contributed by atoms with Gasteiger partial charge in [-0.2, -0.15) is 5.06 Å². The summed E-state index contributed by atoms with van der Waals surface area (Å²) in [4.78, 5) is 37.6. The first-order chi connectivity index (χ1) is 12.5. The highest BCUT2D eigenvalue weighted by Gasteiger charge is 2.39. The van der Waals surface area contributed by atoms with Crippen molar-refractivity contribution in [3.05, 3.63) is 29.3 Å². The van der Waals surface area contributed by atoms with E-state index < -0.39 is 11.9 Å². The zero-order chi connectivity index (χ0) is 18.3. The van der Waals surface area contributed by atoms with E-state index in [0.29, 0.717) is 37.4 Å². The lowest BCUT2D eigenvalue weighted by atomic mass is 10.0. The molecule has 1 aromatic carbocycles. The molecule has 3 aliphatic heterocycles. The molecular formula is C18H21N3O5. The average Bonchev–Trinajstić information content (AvgIpc) is 2.93. The molecule has 1 atom stereocenters. The fourth-order valence-electron chi connectivity index (χ4n) is 3.78. The van der Waals surface area contributed by atoms with E-state index in [2.05, 4.69) is 5.32 Å². The van der Waals surface area contributed by atoms with Crippen LogP contribution >= 0.6 is 0 Å². The Hall–Kier alpha value is -2.45. The van der Waals surface area contributed by atoms with Crippen LogP contribution in [0, 0.1) is 0 Å². The number of amides is 3. The van der Waals surface area contributed by atoms with Crippen molar-refractivity contribution in [1.29, 1.82) is 0 Å². The number of rotatable bonds is 3. The molecule has 26 heavy (non-hydrogen) atoms. The topological polar surface area (TPSA) is 99.2 Å². The molecule has 3 heterocycles. The van der Waals surface area contributed by atoms with Crippen LogP contribution in [0.5, 0.6) is 5.75 Å². The minimum absolute atomic E-state index is 0.0415. The van der Waals surface area contributed by atoms with Crippen LogP contribution in [0.2, 0.25) is 0 Å². The lowest BCUT2D eigenvalue weighted by Crippen LogP contribution is -2.52. The van der Waals surface area contributed by atoms with Gasteiger partial charge in [-0.25, -0.2) is 0 Å². The summed E-state index contributed by atoms with van der Waals surface area (Å²) in [5.41, 5.74) is 1.41. The molecule has 0 saturated carbocycles. The van der Waals surface area contributed by atoms with Gasteiger partial charge in [-0.1, -0.05) is 0 Å². The quantitative estimate of drug-likeness (QED) is 0.770. The number of nitrogens with zero attached hydrogens (tertiary/aromatic N) is 2. The number of hydrogen-bond acceptors (Lipinski definition) is 6. The Morgan fingerprint density at radius 1 is 1.12 bits per heavy atom. The maximum atomic E-state index is 12.6. The van der Waals surface area contributed by atoms with E-state index in [1.54, 1.807) is 12.1 Å². The van der Waals surface area contributed by atoms with Gasteiger partial charge in [0.05, 0.1) is 0 Å². The van der Waals surface area contributed by atoms with Gasteiger partial charge in [0.2, 0.25) is 11.8 Å². The lowest BCUT2D eigenvalue weighted by Gasteiger charge is -2.29. The first-order valence-electron chi connectivity index (χ1n) is 8.89. The van der Waals surface area contributed by atoms with Gasteiger partial charge >= 0.3 is 0 Å². The summed E-state index contributed by atoms with van der Waals surface area (Å²) < 4.78 is 5.99. The number of benzene rings is 1. The highest BCUT2D eigenvalue weighted by molar-refractivity contribution is 6.05. The third-order valence-corrected chi connectivity index (χ3v) is 5.22. The molecule has 3 amide bonds. The predicted octanol–water partition coefficient (Wildman–Crippen LogP) is 0.680. The van der Waals surface area contributed by atoms with Gasteiger partial charge < -0.3 is 14.8 Å². The smallest absolute Gasteiger partial charge is 0.255 e. The minimum Gasteiger partial charge on any atom is -0.490 e. The second-order valence-electron chi connectivity index (χ2n) is 6.99. The minimum atomic E-state index is -0.606. The second kappa shape index (κ2) is 6.69. The van der Waals surface area contributed by atoms with Gasteiger partial charge in [0.1, 0.15) is 17.9 Å². The zero-order valence-electron chi connectivity index (χ0n) is 14.3. The van der Waals surface area contributed by atoms with Crippen LogP contribution in [0.1, 0.15) is 41.6 Å². The van der Waals surface area contributed by atoms with Gasteiger partial charge in [-0.3, -0.25) is 19.7 Å². The maximum absolute atomic E-state index is 12.6. The summed E-state index contributed by atoms with van der Waals surface area (Å²) in [6.45, 7) is 1.50. The van der Waals surface area contributed by atoms with Crippen LogP contribution in [-0.4, -0.2) is 58.1 Å². The highest BCUT2D eigenvalue weighted by Crippen LogP contribution is 2.31. The summed E-state index contributed by atoms with van der Waals surface area (Å²) >= 11 is 0. The zero-order valence-corrected chi connectivity index (χ0v) is 14.3. The molecule has 4 rings (SSSR count). The molecule has 2 saturated heterocycles. The van der Waals surface area contributed by atoms with Crippen LogP contribution < -0.4 is 10.1 Å². The third-order valence-electron chi connectivity index (χ3n) is 5.22. The number of nitrogens with one attached hydrogen (secondary N) is 1. The lowest BCUT2D eigenvalue weighted by molar-refractivity contribution is -0.136. The SMILES string of the molecule is O=C1CCC(N2Cc3cc(OC4CCN(O)CC4)ccc3C2=O)C(=O)N1. The Bertz CT molecular complexity index is 757. The van der Waals surface area contributed by atoms with E-state index in [0.717, 1.165) is 18.4 Å². The predicted molar refractivity (Wildman–Crippen MR) is 89.5 cm³/mol. The van der Waals surface area contributed by atoms with E-state index >= 15 is 0 Å². The molecule has 3 aliphatic rings. The van der Waals surface area contributed by atoms with Crippen molar-refractivity contribution in [3.8, 4) is 5.75 Å². The summed E-state index contributed by atoms with van der Waals surface area (Å²) in [6.07, 6.45) is 2.13. The Labute approximate surface area is 150 Å². The second-order valence-corrected chi connectivity index (χ2v) is 6.99. The van der Waals surface area contributed by atoms with E-state index in [1.807, 2.05) is 6.07 Å². The van der Waals surface area contributed by atoms with Gasteiger partial charge in [0.15, 0.2) is 0 Å². The molecule has 8 nitrogen and oxygen atoms in total. The summed E-state index contributed by atoms with van der Waals surface area (Å²) in [5.74, 6) is -0.192. The molecule has 0 spiro atoms. The molecule has 0 bridgehead atoms. The van der Waals surface area contributed by atoms with Crippen LogP contribution in [0.25, 0.3) is 0 Å². The van der Waals surface area contributed by atoms with Gasteiger partial charge in [-0.05, 0) is 43.0 Å². The molecule has 2 fully saturated rings. The Kier molecular flexibility index (Phi) is 4.37. The highest BCUT2D eigenvalue weighted by atomic mass is 16.5. The molecule has 1 unspecified atom stereocenters. The van der Waals surface area contributed by atoms with Crippen LogP contribution in [-0.2, 0) is 16.1 Å². The first-order valence-corrected chi connectivity index (χ1v) is 8.89. The first kappa shape index (κ1) is 17.0. The van der Waals surface area contributed by atoms with Gasteiger partial charge in [0, 0.05) is 31.6 Å². The summed E-state index contributed by atoms with van der Waals surface area (Å²) in [7, 11) is 0. The Morgan fingerprint density at radius 3 is 2.62 bits per heavy atom. The van der Waals surface area contributed by atoms with Crippen LogP contribution in [0.15, 0.2) is 18.2 Å². The molecule has 8 heteroatoms. The fourth-order valence-corrected chi connectivity index (χ4v) is 3.78. The summed E-state index contributed by atoms with van der Waals surface area (Å²) in [5, 5.41) is 13.0. The molecule has 138 valence electrons. The Morgan fingerprint density at radius 2 is 1.88 bits per heavy atom. The van der Waals surface area contributed by atoms with E-state index in [-0.39, 0.29) is 24.3 Å². The Balaban J connectivity index is 1.46. The molecule has 0 aromatic heterocycles. The van der Waals surface area contributed by atoms with E-state index in [4.69, 9.17) is 4.74 Å². The van der Waals surface area contributed by atoms with Crippen molar-refractivity contribution < 1.29 is 24.3 Å². The van der Waals surface area contributed by atoms with Crippen LogP contribution in [0.4, 0.5) is 0 Å². The number of imide groups is 1. The molecule has 0 aliphatic carbocycles. The summed E-state index contributed by atoms with van der Waals surface area (Å²) in [6, 6.07) is 4.76. The van der Waals surface area contributed by atoms with E-state index in [1.165, 1.54) is 9.96 Å². The number of fused-ring (bicyclic) bond motifs is 1. The maximum Gasteiger partial charge on any atom is 0.255 e. The number of carbonyl (C=O) groups excluding carboxylic acids is 3. The van der Waals surface area contributed by atoms with Crippen LogP contribution in [0.3, 0.4) is 0 Å². The van der Waals surface area contributed by atoms with Crippen molar-refractivity contribution in [2.75, 3.05) is 13.1 Å². The fraction of sp³-hybridized carbons (Fsp3) is 0.500. The molecule has 1 aromatic rings. The van der Waals surface area contributed by atoms with Crippen molar-refractivity contribution >= 4 is 17.7 Å². The number of hydrogen-bond donors (Lipinski definition) is 2. The number of ether oxygens (including phenoxy) is 1. The normalized spacial score (nSPS) is 24.6. The van der Waals surface area contributed by atoms with E-state index in [9.17, 15) is 19.6 Å². The van der Waals surface area contributed by atoms with Gasteiger partial charge in [0.25, 0.3) is 5.91 Å². The van der Waals surface area contributed by atoms with Crippen molar-refractivity contribution in [3.63, 3.8) is 0 Å². The third kappa shape index (κ3) is 3.17. The van der Waals surface area contributed by atoms with Crippen molar-refractivity contribution in [1.82, 2.24) is 15.3 Å². The number of carbonyl (C=O) groups is 3. The number of piperidine rings is 2. The average molecular weight is 359 g/mol. The molecule has 0 radical (unpaired) electrons. The van der Waals surface area contributed by atoms with Gasteiger partial charge in [-0.15, -0.1) is 0 Å². The molecule has 2 N–H and O–H groups in total. The molecular weight excluding hydrogens is 338 g/mol. The standard InChI is InChI=1S/C18H21N3O5/c22-16-4-3-15(17(23)19-16)21-10-11-9-13(1-2-14(11)18(21)24)26-12-5-7-20(25)8-6-12/h1-2,9,12,15,25H,3-8,10H2,(H,19,22,23).